The van der Waals surface area contributed by atoms with Crippen molar-refractivity contribution in [2.75, 3.05) is 13.7 Å². The van der Waals surface area contributed by atoms with Gasteiger partial charge in [-0.2, -0.15) is 10.4 Å². The molecule has 0 atom stereocenters. The van der Waals surface area contributed by atoms with Crippen molar-refractivity contribution in [1.82, 2.24) is 5.43 Å². The van der Waals surface area contributed by atoms with Gasteiger partial charge in [-0.05, 0) is 40.3 Å². The first-order valence-electron chi connectivity index (χ1n) is 5.04. The summed E-state index contributed by atoms with van der Waals surface area (Å²) < 4.78 is 11.2. The van der Waals surface area contributed by atoms with Crippen LogP contribution in [-0.2, 0) is 0 Å². The van der Waals surface area contributed by atoms with E-state index < -0.39 is 6.03 Å². The van der Waals surface area contributed by atoms with Gasteiger partial charge in [0.25, 0.3) is 0 Å². The standard InChI is InChI=1S/C11H11IN4O3/c1-18-9-5-7(6-15-16-11(14)17)4-8(12)10(9)19-3-2-13/h4-6H,3H2,1H3,(H3,14,16,17). The van der Waals surface area contributed by atoms with Crippen molar-refractivity contribution in [2.45, 2.75) is 0 Å². The summed E-state index contributed by atoms with van der Waals surface area (Å²) in [6.07, 6.45) is 1.42. The predicted molar refractivity (Wildman–Crippen MR) is 77.1 cm³/mol. The number of nitrogens with one attached hydrogen (secondary N) is 1. The lowest BCUT2D eigenvalue weighted by atomic mass is 10.2. The van der Waals surface area contributed by atoms with Gasteiger partial charge in [-0.3, -0.25) is 0 Å². The highest BCUT2D eigenvalue weighted by atomic mass is 127. The third-order valence-corrected chi connectivity index (χ3v) is 2.72. The fraction of sp³-hybridized carbons (Fsp3) is 0.182. The summed E-state index contributed by atoms with van der Waals surface area (Å²) in [4.78, 5) is 10.5. The Morgan fingerprint density at radius 3 is 3.00 bits per heavy atom. The van der Waals surface area contributed by atoms with Gasteiger partial charge in [0.05, 0.1) is 16.9 Å². The Labute approximate surface area is 123 Å². The molecule has 0 aliphatic heterocycles. The largest absolute Gasteiger partial charge is 0.493 e. The minimum Gasteiger partial charge on any atom is -0.493 e. The molecule has 0 heterocycles. The number of urea groups is 1. The zero-order valence-electron chi connectivity index (χ0n) is 10.0. The lowest BCUT2D eigenvalue weighted by Gasteiger charge is -2.11. The fourth-order valence-corrected chi connectivity index (χ4v) is 2.01. The Kier molecular flexibility index (Phi) is 5.87. The van der Waals surface area contributed by atoms with Gasteiger partial charge in [0.2, 0.25) is 0 Å². The summed E-state index contributed by atoms with van der Waals surface area (Å²) in [5, 5.41) is 12.2. The Balaban J connectivity index is 2.99. The van der Waals surface area contributed by atoms with Crippen LogP contribution in [0.15, 0.2) is 17.2 Å². The van der Waals surface area contributed by atoms with Gasteiger partial charge in [-0.1, -0.05) is 0 Å². The van der Waals surface area contributed by atoms with Gasteiger partial charge < -0.3 is 15.2 Å². The normalized spacial score (nSPS) is 9.95. The van der Waals surface area contributed by atoms with Crippen LogP contribution in [0.2, 0.25) is 0 Å². The van der Waals surface area contributed by atoms with E-state index in [9.17, 15) is 4.79 Å². The number of carbonyl (C=O) groups excluding carboxylic acids is 1. The molecule has 0 saturated heterocycles. The van der Waals surface area contributed by atoms with Crippen LogP contribution in [0.4, 0.5) is 4.79 Å². The number of carbonyl (C=O) groups is 1. The van der Waals surface area contributed by atoms with E-state index in [0.717, 1.165) is 3.57 Å². The Morgan fingerprint density at radius 1 is 1.68 bits per heavy atom. The number of benzene rings is 1. The van der Waals surface area contributed by atoms with Crippen molar-refractivity contribution in [3.05, 3.63) is 21.3 Å². The molecule has 7 nitrogen and oxygen atoms in total. The molecule has 2 amide bonds. The maximum Gasteiger partial charge on any atom is 0.332 e. The van der Waals surface area contributed by atoms with Crippen LogP contribution in [0.5, 0.6) is 11.5 Å². The maximum atomic E-state index is 10.5. The van der Waals surface area contributed by atoms with Crippen molar-refractivity contribution >= 4 is 34.8 Å². The van der Waals surface area contributed by atoms with Crippen molar-refractivity contribution in [3.63, 3.8) is 0 Å². The molecule has 0 unspecified atom stereocenters. The summed E-state index contributed by atoms with van der Waals surface area (Å²) in [5.74, 6) is 0.965. The van der Waals surface area contributed by atoms with Gasteiger partial charge in [-0.15, -0.1) is 0 Å². The van der Waals surface area contributed by atoms with E-state index in [2.05, 4.69) is 33.1 Å². The van der Waals surface area contributed by atoms with E-state index in [0.29, 0.717) is 17.1 Å². The Hall–Kier alpha value is -2.02. The number of nitriles is 1. The summed E-state index contributed by atoms with van der Waals surface area (Å²) in [6.45, 7) is -0.0664. The lowest BCUT2D eigenvalue weighted by Crippen LogP contribution is -2.24. The molecule has 0 aliphatic rings. The van der Waals surface area contributed by atoms with Crippen LogP contribution < -0.4 is 20.6 Å². The van der Waals surface area contributed by atoms with Gasteiger partial charge >= 0.3 is 6.03 Å². The number of amides is 2. The third kappa shape index (κ3) is 4.63. The zero-order valence-corrected chi connectivity index (χ0v) is 12.2. The van der Waals surface area contributed by atoms with Gasteiger partial charge in [0.1, 0.15) is 6.07 Å². The first-order chi connectivity index (χ1) is 9.08. The molecule has 0 bridgehead atoms. The first kappa shape index (κ1) is 15.0. The molecule has 0 spiro atoms. The number of hydrogen-bond donors (Lipinski definition) is 2. The molecule has 1 aromatic carbocycles. The smallest absolute Gasteiger partial charge is 0.332 e. The number of ether oxygens (including phenoxy) is 2. The summed E-state index contributed by atoms with van der Waals surface area (Å²) in [7, 11) is 1.49. The van der Waals surface area contributed by atoms with Crippen molar-refractivity contribution in [2.24, 2.45) is 10.8 Å². The van der Waals surface area contributed by atoms with Crippen molar-refractivity contribution in [3.8, 4) is 17.6 Å². The van der Waals surface area contributed by atoms with E-state index >= 15 is 0 Å². The van der Waals surface area contributed by atoms with E-state index in [-0.39, 0.29) is 6.61 Å². The van der Waals surface area contributed by atoms with Crippen LogP contribution >= 0.6 is 22.6 Å². The Morgan fingerprint density at radius 2 is 2.42 bits per heavy atom. The second kappa shape index (κ2) is 7.42. The highest BCUT2D eigenvalue weighted by Crippen LogP contribution is 2.33. The molecule has 19 heavy (non-hydrogen) atoms. The van der Waals surface area contributed by atoms with Crippen LogP contribution in [-0.4, -0.2) is 26.0 Å². The second-order valence-electron chi connectivity index (χ2n) is 3.22. The fourth-order valence-electron chi connectivity index (χ4n) is 1.23. The van der Waals surface area contributed by atoms with Crippen LogP contribution in [0.3, 0.4) is 0 Å². The lowest BCUT2D eigenvalue weighted by molar-refractivity contribution is 0.249. The number of methoxy groups -OCH3 is 1. The number of hydrogen-bond acceptors (Lipinski definition) is 5. The second-order valence-corrected chi connectivity index (χ2v) is 4.38. The van der Waals surface area contributed by atoms with Crippen LogP contribution in [0, 0.1) is 14.9 Å². The van der Waals surface area contributed by atoms with E-state index in [1.807, 2.05) is 6.07 Å². The molecule has 0 aliphatic carbocycles. The minimum atomic E-state index is -0.744. The predicted octanol–water partition coefficient (Wildman–Crippen LogP) is 1.20. The van der Waals surface area contributed by atoms with Gasteiger partial charge in [0.15, 0.2) is 18.1 Å². The molecule has 1 rings (SSSR count). The summed E-state index contributed by atoms with van der Waals surface area (Å²) in [5.41, 5.74) is 7.67. The van der Waals surface area contributed by atoms with Crippen molar-refractivity contribution in [1.29, 1.82) is 5.26 Å². The molecule has 0 fully saturated rings. The van der Waals surface area contributed by atoms with Crippen LogP contribution in [0.25, 0.3) is 0 Å². The number of rotatable bonds is 5. The quantitative estimate of drug-likeness (QED) is 0.459. The molecule has 0 radical (unpaired) electrons. The number of nitrogens with two attached hydrogens (primary N) is 1. The number of primary amides is 1. The van der Waals surface area contributed by atoms with E-state index in [1.54, 1.807) is 12.1 Å². The number of nitrogens with zero attached hydrogens (tertiary/aromatic N) is 2. The van der Waals surface area contributed by atoms with Gasteiger partial charge in [-0.25, -0.2) is 10.2 Å². The van der Waals surface area contributed by atoms with E-state index in [4.69, 9.17) is 20.5 Å². The average Bonchev–Trinajstić information content (AvgIpc) is 2.36. The zero-order chi connectivity index (χ0) is 14.3. The third-order valence-electron chi connectivity index (χ3n) is 1.92. The topological polar surface area (TPSA) is 110 Å². The molecule has 0 saturated carbocycles. The van der Waals surface area contributed by atoms with E-state index in [1.165, 1.54) is 13.3 Å². The monoisotopic (exact) mass is 374 g/mol. The summed E-state index contributed by atoms with van der Waals surface area (Å²) in [6, 6.07) is 4.58. The van der Waals surface area contributed by atoms with Crippen molar-refractivity contribution < 1.29 is 14.3 Å². The number of hydrazone groups is 1. The highest BCUT2D eigenvalue weighted by Gasteiger charge is 2.10. The van der Waals surface area contributed by atoms with Gasteiger partial charge in [0, 0.05) is 0 Å². The van der Waals surface area contributed by atoms with Crippen LogP contribution in [0.1, 0.15) is 5.56 Å². The molecule has 8 heteroatoms. The SMILES string of the molecule is COc1cc(C=NNC(N)=O)cc(I)c1OCC#N. The first-order valence-corrected chi connectivity index (χ1v) is 6.12. The maximum absolute atomic E-state index is 10.5. The number of halogens is 1. The molecule has 3 N–H and O–H groups in total. The molecule has 1 aromatic rings. The molecule has 0 aromatic heterocycles. The molecular formula is C11H11IN4O3. The highest BCUT2D eigenvalue weighted by molar-refractivity contribution is 14.1. The Bertz CT molecular complexity index is 539. The minimum absolute atomic E-state index is 0.0664. The molecule has 100 valence electrons. The average molecular weight is 374 g/mol. The summed E-state index contributed by atoms with van der Waals surface area (Å²) >= 11 is 2.05. The molecular weight excluding hydrogens is 363 g/mol.